The van der Waals surface area contributed by atoms with Gasteiger partial charge in [0.2, 0.25) is 0 Å². The van der Waals surface area contributed by atoms with E-state index in [1.165, 1.54) is 31.2 Å². The lowest BCUT2D eigenvalue weighted by molar-refractivity contribution is -0.135. The van der Waals surface area contributed by atoms with E-state index in [2.05, 4.69) is 39.4 Å². The van der Waals surface area contributed by atoms with Crippen LogP contribution in [0.2, 0.25) is 0 Å². The van der Waals surface area contributed by atoms with Crippen molar-refractivity contribution in [3.63, 3.8) is 0 Å². The van der Waals surface area contributed by atoms with Crippen LogP contribution in [0, 0.1) is 0 Å². The van der Waals surface area contributed by atoms with Gasteiger partial charge in [0.25, 0.3) is 5.91 Å². The number of rotatable bonds is 5. The standard InChI is InChI=1S/C25H36N4O2/c30-23-25(13-18-27(19-14-25)15-10-20-6-2-1-3-7-20)26-24(31)29(23)22-11-16-28(17-12-22)21-8-4-5-9-21/h1-3,6-7,21-22H,4-5,8-19H2,(H,26,31). The van der Waals surface area contributed by atoms with Crippen molar-refractivity contribution in [3.8, 4) is 0 Å². The summed E-state index contributed by atoms with van der Waals surface area (Å²) >= 11 is 0. The second-order valence-electron chi connectivity index (χ2n) is 9.97. The number of likely N-dealkylation sites (tertiary alicyclic amines) is 2. The Hall–Kier alpha value is -1.92. The van der Waals surface area contributed by atoms with Gasteiger partial charge in [0.1, 0.15) is 5.54 Å². The second kappa shape index (κ2) is 8.91. The predicted octanol–water partition coefficient (Wildman–Crippen LogP) is 3.02. The molecule has 0 bridgehead atoms. The molecule has 0 atom stereocenters. The van der Waals surface area contributed by atoms with E-state index in [0.29, 0.717) is 0 Å². The zero-order valence-corrected chi connectivity index (χ0v) is 18.6. The lowest BCUT2D eigenvalue weighted by Gasteiger charge is -2.40. The maximum Gasteiger partial charge on any atom is 0.325 e. The molecule has 1 saturated carbocycles. The summed E-state index contributed by atoms with van der Waals surface area (Å²) < 4.78 is 0. The van der Waals surface area contributed by atoms with Gasteiger partial charge < -0.3 is 15.1 Å². The second-order valence-corrected chi connectivity index (χ2v) is 9.97. The fourth-order valence-electron chi connectivity index (χ4n) is 6.18. The molecule has 4 aliphatic rings. The molecule has 1 aliphatic carbocycles. The first-order valence-electron chi connectivity index (χ1n) is 12.3. The molecule has 6 heteroatoms. The van der Waals surface area contributed by atoms with Crippen molar-refractivity contribution in [1.29, 1.82) is 0 Å². The van der Waals surface area contributed by atoms with E-state index < -0.39 is 5.54 Å². The van der Waals surface area contributed by atoms with Gasteiger partial charge >= 0.3 is 6.03 Å². The molecule has 6 nitrogen and oxygen atoms in total. The van der Waals surface area contributed by atoms with Crippen LogP contribution in [0.1, 0.15) is 56.9 Å². The molecule has 0 aromatic heterocycles. The van der Waals surface area contributed by atoms with E-state index in [-0.39, 0.29) is 18.0 Å². The van der Waals surface area contributed by atoms with Crippen molar-refractivity contribution in [3.05, 3.63) is 35.9 Å². The molecule has 0 radical (unpaired) electrons. The molecule has 3 aliphatic heterocycles. The van der Waals surface area contributed by atoms with Crippen LogP contribution < -0.4 is 5.32 Å². The number of hydrogen-bond donors (Lipinski definition) is 1. The van der Waals surface area contributed by atoms with Crippen LogP contribution in [0.3, 0.4) is 0 Å². The number of nitrogens with zero attached hydrogens (tertiary/aromatic N) is 3. The average molecular weight is 425 g/mol. The zero-order chi connectivity index (χ0) is 21.3. The van der Waals surface area contributed by atoms with Crippen molar-refractivity contribution in [1.82, 2.24) is 20.0 Å². The van der Waals surface area contributed by atoms with Gasteiger partial charge in [0.05, 0.1) is 0 Å². The van der Waals surface area contributed by atoms with Gasteiger partial charge in [0.15, 0.2) is 0 Å². The summed E-state index contributed by atoms with van der Waals surface area (Å²) in [4.78, 5) is 32.9. The van der Waals surface area contributed by atoms with E-state index >= 15 is 0 Å². The Balaban J connectivity index is 1.14. The van der Waals surface area contributed by atoms with Crippen LogP contribution in [-0.2, 0) is 11.2 Å². The molecule has 1 aromatic rings. The average Bonchev–Trinajstić information content (AvgIpc) is 3.42. The number of piperidine rings is 2. The van der Waals surface area contributed by atoms with E-state index in [1.54, 1.807) is 4.90 Å². The molecule has 3 saturated heterocycles. The van der Waals surface area contributed by atoms with Crippen molar-refractivity contribution in [2.45, 2.75) is 75.4 Å². The van der Waals surface area contributed by atoms with Gasteiger partial charge in [0, 0.05) is 44.8 Å². The van der Waals surface area contributed by atoms with Crippen LogP contribution in [0.5, 0.6) is 0 Å². The maximum atomic E-state index is 13.4. The largest absolute Gasteiger partial charge is 0.325 e. The molecule has 4 fully saturated rings. The van der Waals surface area contributed by atoms with E-state index in [1.807, 2.05) is 6.07 Å². The lowest BCUT2D eigenvalue weighted by Crippen LogP contribution is -2.56. The van der Waals surface area contributed by atoms with Crippen LogP contribution in [0.4, 0.5) is 4.79 Å². The summed E-state index contributed by atoms with van der Waals surface area (Å²) in [6.07, 6.45) is 9.66. The third-order valence-electron chi connectivity index (χ3n) is 8.17. The van der Waals surface area contributed by atoms with Crippen LogP contribution >= 0.6 is 0 Å². The molecule has 3 amide bonds. The minimum absolute atomic E-state index is 0.0412. The number of amides is 3. The Labute approximate surface area is 185 Å². The van der Waals surface area contributed by atoms with E-state index in [0.717, 1.165) is 70.9 Å². The predicted molar refractivity (Wildman–Crippen MR) is 121 cm³/mol. The van der Waals surface area contributed by atoms with E-state index in [9.17, 15) is 9.59 Å². The molecule has 3 heterocycles. The van der Waals surface area contributed by atoms with Gasteiger partial charge in [-0.1, -0.05) is 43.2 Å². The maximum absolute atomic E-state index is 13.4. The number of urea groups is 1. The molecule has 0 unspecified atom stereocenters. The minimum atomic E-state index is -0.664. The Morgan fingerprint density at radius 2 is 1.55 bits per heavy atom. The number of carbonyl (C=O) groups is 2. The number of benzene rings is 1. The van der Waals surface area contributed by atoms with Crippen molar-refractivity contribution < 1.29 is 9.59 Å². The molecule has 31 heavy (non-hydrogen) atoms. The van der Waals surface area contributed by atoms with Crippen molar-refractivity contribution in [2.75, 3.05) is 32.7 Å². The van der Waals surface area contributed by atoms with Crippen molar-refractivity contribution >= 4 is 11.9 Å². The number of nitrogens with one attached hydrogen (secondary N) is 1. The highest BCUT2D eigenvalue weighted by Crippen LogP contribution is 2.34. The Kier molecular flexibility index (Phi) is 6.02. The molecule has 1 aromatic carbocycles. The van der Waals surface area contributed by atoms with Crippen LogP contribution in [0.25, 0.3) is 0 Å². The molecular weight excluding hydrogens is 388 g/mol. The SMILES string of the molecule is O=C1NC2(CCN(CCc3ccccc3)CC2)C(=O)N1C1CCN(C2CCCC2)CC1. The summed E-state index contributed by atoms with van der Waals surface area (Å²) in [7, 11) is 0. The number of carbonyl (C=O) groups excluding carboxylic acids is 2. The Bertz CT molecular complexity index is 776. The van der Waals surface area contributed by atoms with Gasteiger partial charge in [-0.05, 0) is 50.5 Å². The number of hydrogen-bond acceptors (Lipinski definition) is 4. The van der Waals surface area contributed by atoms with Gasteiger partial charge in [-0.2, -0.15) is 0 Å². The molecular formula is C25H36N4O2. The first-order valence-corrected chi connectivity index (χ1v) is 12.3. The summed E-state index contributed by atoms with van der Waals surface area (Å²) in [6.45, 7) is 4.78. The molecule has 1 N–H and O–H groups in total. The quantitative estimate of drug-likeness (QED) is 0.739. The first kappa shape index (κ1) is 21.0. The summed E-state index contributed by atoms with van der Waals surface area (Å²) in [5.41, 5.74) is 0.686. The van der Waals surface area contributed by atoms with E-state index in [4.69, 9.17) is 0 Å². The normalized spacial score (nSPS) is 26.1. The number of imide groups is 1. The Morgan fingerprint density at radius 3 is 2.23 bits per heavy atom. The molecule has 5 rings (SSSR count). The highest BCUT2D eigenvalue weighted by molar-refractivity contribution is 6.07. The monoisotopic (exact) mass is 424 g/mol. The zero-order valence-electron chi connectivity index (χ0n) is 18.6. The Morgan fingerprint density at radius 1 is 0.871 bits per heavy atom. The third-order valence-corrected chi connectivity index (χ3v) is 8.17. The fourth-order valence-corrected chi connectivity index (χ4v) is 6.18. The smallest absolute Gasteiger partial charge is 0.323 e. The lowest BCUT2D eigenvalue weighted by atomic mass is 9.86. The highest BCUT2D eigenvalue weighted by atomic mass is 16.2. The van der Waals surface area contributed by atoms with Crippen LogP contribution in [0.15, 0.2) is 30.3 Å². The summed E-state index contributed by atoms with van der Waals surface area (Å²) in [5, 5.41) is 3.12. The topological polar surface area (TPSA) is 55.9 Å². The minimum Gasteiger partial charge on any atom is -0.323 e. The molecule has 168 valence electrons. The van der Waals surface area contributed by atoms with Crippen molar-refractivity contribution in [2.24, 2.45) is 0 Å². The summed E-state index contributed by atoms with van der Waals surface area (Å²) in [5.74, 6) is 0.0412. The van der Waals surface area contributed by atoms with Crippen LogP contribution in [-0.4, -0.2) is 77.0 Å². The molecule has 1 spiro atoms. The first-order chi connectivity index (χ1) is 15.1. The third kappa shape index (κ3) is 4.24. The van der Waals surface area contributed by atoms with Gasteiger partial charge in [-0.15, -0.1) is 0 Å². The fraction of sp³-hybridized carbons (Fsp3) is 0.680. The van der Waals surface area contributed by atoms with Gasteiger partial charge in [-0.3, -0.25) is 9.69 Å². The highest BCUT2D eigenvalue weighted by Gasteiger charge is 2.54. The van der Waals surface area contributed by atoms with Gasteiger partial charge in [-0.25, -0.2) is 4.79 Å². The summed E-state index contributed by atoms with van der Waals surface area (Å²) in [6, 6.07) is 11.2.